The number of aromatic amines is 1. The lowest BCUT2D eigenvalue weighted by molar-refractivity contribution is -0.145. The van der Waals surface area contributed by atoms with Gasteiger partial charge in [0.05, 0.1) is 6.61 Å². The summed E-state index contributed by atoms with van der Waals surface area (Å²) in [6.45, 7) is 0.963. The van der Waals surface area contributed by atoms with E-state index in [9.17, 15) is 19.2 Å². The fourth-order valence-corrected chi connectivity index (χ4v) is 1.49. The number of methoxy groups -OCH3 is 1. The zero-order valence-corrected chi connectivity index (χ0v) is 11.2. The minimum Gasteiger partial charge on any atom is -0.479 e. The van der Waals surface area contributed by atoms with Crippen LogP contribution in [0.15, 0.2) is 15.8 Å². The number of aliphatic carboxylic acids is 1. The fourth-order valence-electron chi connectivity index (χ4n) is 1.49. The Morgan fingerprint density at radius 3 is 2.60 bits per heavy atom. The Bertz CT molecular complexity index is 646. The summed E-state index contributed by atoms with van der Waals surface area (Å²) in [7, 11) is 2.48. The van der Waals surface area contributed by atoms with Gasteiger partial charge < -0.3 is 20.1 Å². The predicted molar refractivity (Wildman–Crippen MR) is 67.7 cm³/mol. The molecule has 0 radical (unpaired) electrons. The van der Waals surface area contributed by atoms with Gasteiger partial charge in [-0.1, -0.05) is 0 Å². The van der Waals surface area contributed by atoms with Crippen molar-refractivity contribution in [2.75, 3.05) is 13.7 Å². The van der Waals surface area contributed by atoms with Gasteiger partial charge in [0.2, 0.25) is 0 Å². The van der Waals surface area contributed by atoms with Crippen LogP contribution in [0.3, 0.4) is 0 Å². The number of nitrogens with zero attached hydrogens (tertiary/aromatic N) is 1. The van der Waals surface area contributed by atoms with Crippen molar-refractivity contribution < 1.29 is 19.4 Å². The number of amides is 1. The molecule has 0 aromatic carbocycles. The average molecular weight is 285 g/mol. The zero-order chi connectivity index (χ0) is 15.5. The molecule has 9 heteroatoms. The summed E-state index contributed by atoms with van der Waals surface area (Å²) in [5.41, 5.74) is -3.55. The summed E-state index contributed by atoms with van der Waals surface area (Å²) in [5.74, 6) is -2.22. The van der Waals surface area contributed by atoms with Crippen LogP contribution in [0.5, 0.6) is 0 Å². The molecule has 0 fully saturated rings. The number of H-pyrrole nitrogens is 1. The van der Waals surface area contributed by atoms with Gasteiger partial charge in [-0.05, 0) is 6.92 Å². The van der Waals surface area contributed by atoms with Crippen LogP contribution >= 0.6 is 0 Å². The van der Waals surface area contributed by atoms with Crippen molar-refractivity contribution in [2.24, 2.45) is 7.05 Å². The number of rotatable bonds is 5. The van der Waals surface area contributed by atoms with Gasteiger partial charge in [-0.2, -0.15) is 0 Å². The van der Waals surface area contributed by atoms with Crippen LogP contribution < -0.4 is 16.6 Å². The van der Waals surface area contributed by atoms with Crippen LogP contribution in [-0.4, -0.2) is 45.8 Å². The first-order valence-electron chi connectivity index (χ1n) is 5.56. The molecule has 9 nitrogen and oxygen atoms in total. The standard InChI is InChI=1S/C11H15N3O6/c1-11(5-20-3,9(17)18)13-7(15)6-4-12-10(19)14(2)8(6)16/h4H,5H2,1-3H3,(H,12,19)(H,13,15)(H,17,18). The average Bonchev–Trinajstić information content (AvgIpc) is 2.36. The summed E-state index contributed by atoms with van der Waals surface area (Å²) < 4.78 is 5.45. The molecule has 1 atom stereocenters. The van der Waals surface area contributed by atoms with Gasteiger partial charge in [0, 0.05) is 20.4 Å². The third-order valence-corrected chi connectivity index (χ3v) is 2.72. The number of nitrogens with one attached hydrogen (secondary N) is 2. The number of aromatic nitrogens is 2. The second-order valence-electron chi connectivity index (χ2n) is 4.40. The second-order valence-corrected chi connectivity index (χ2v) is 4.40. The summed E-state index contributed by atoms with van der Waals surface area (Å²) in [4.78, 5) is 48.2. The van der Waals surface area contributed by atoms with Gasteiger partial charge in [-0.15, -0.1) is 0 Å². The first kappa shape index (κ1) is 15.6. The van der Waals surface area contributed by atoms with E-state index in [-0.39, 0.29) is 12.2 Å². The number of carboxylic acid groups (broad SMARTS) is 1. The molecule has 20 heavy (non-hydrogen) atoms. The number of hydrogen-bond acceptors (Lipinski definition) is 5. The van der Waals surface area contributed by atoms with E-state index in [2.05, 4.69) is 10.3 Å². The van der Waals surface area contributed by atoms with Crippen molar-refractivity contribution in [3.63, 3.8) is 0 Å². The van der Waals surface area contributed by atoms with E-state index < -0.39 is 28.7 Å². The largest absolute Gasteiger partial charge is 0.479 e. The first-order valence-corrected chi connectivity index (χ1v) is 5.56. The van der Waals surface area contributed by atoms with Gasteiger partial charge in [-0.25, -0.2) is 9.59 Å². The van der Waals surface area contributed by atoms with Crippen molar-refractivity contribution in [1.29, 1.82) is 0 Å². The number of ether oxygens (including phenoxy) is 1. The molecule has 0 aliphatic rings. The molecule has 1 aromatic rings. The van der Waals surface area contributed by atoms with E-state index in [4.69, 9.17) is 9.84 Å². The molecule has 1 amide bonds. The normalized spacial score (nSPS) is 13.6. The van der Waals surface area contributed by atoms with Crippen molar-refractivity contribution in [2.45, 2.75) is 12.5 Å². The van der Waals surface area contributed by atoms with Crippen LogP contribution in [0.2, 0.25) is 0 Å². The lowest BCUT2D eigenvalue weighted by Crippen LogP contribution is -2.56. The third-order valence-electron chi connectivity index (χ3n) is 2.72. The van der Waals surface area contributed by atoms with Crippen LogP contribution in [0.25, 0.3) is 0 Å². The molecule has 3 N–H and O–H groups in total. The molecule has 1 rings (SSSR count). The summed E-state index contributed by atoms with van der Waals surface area (Å²) >= 11 is 0. The maximum Gasteiger partial charge on any atom is 0.331 e. The summed E-state index contributed by atoms with van der Waals surface area (Å²) in [6, 6.07) is 0. The smallest absolute Gasteiger partial charge is 0.331 e. The third kappa shape index (κ3) is 2.94. The Hall–Kier alpha value is -2.42. The van der Waals surface area contributed by atoms with E-state index in [1.165, 1.54) is 21.1 Å². The first-order chi connectivity index (χ1) is 9.23. The summed E-state index contributed by atoms with van der Waals surface area (Å²) in [6.07, 6.45) is 0.940. The van der Waals surface area contributed by atoms with Gasteiger partial charge in [0.1, 0.15) is 5.56 Å². The van der Waals surface area contributed by atoms with E-state index in [1.807, 2.05) is 0 Å². The maximum absolute atomic E-state index is 12.0. The van der Waals surface area contributed by atoms with E-state index in [0.29, 0.717) is 4.57 Å². The number of carbonyl (C=O) groups excluding carboxylic acids is 1. The minimum atomic E-state index is -1.69. The van der Waals surface area contributed by atoms with Crippen LogP contribution in [0.1, 0.15) is 17.3 Å². The van der Waals surface area contributed by atoms with E-state index in [1.54, 1.807) is 0 Å². The van der Waals surface area contributed by atoms with Crippen molar-refractivity contribution in [1.82, 2.24) is 14.9 Å². The van der Waals surface area contributed by atoms with Crippen LogP contribution in [-0.2, 0) is 16.6 Å². The Labute approximate surface area is 113 Å². The van der Waals surface area contributed by atoms with Gasteiger partial charge >= 0.3 is 11.7 Å². The molecule has 0 bridgehead atoms. The quantitative estimate of drug-likeness (QED) is 0.590. The number of carbonyl (C=O) groups is 2. The molecule has 1 unspecified atom stereocenters. The fraction of sp³-hybridized carbons (Fsp3) is 0.455. The monoisotopic (exact) mass is 285 g/mol. The van der Waals surface area contributed by atoms with Crippen molar-refractivity contribution in [3.05, 3.63) is 32.6 Å². The van der Waals surface area contributed by atoms with Gasteiger partial charge in [-0.3, -0.25) is 14.2 Å². The number of hydrogen-bond donors (Lipinski definition) is 3. The van der Waals surface area contributed by atoms with Crippen molar-refractivity contribution >= 4 is 11.9 Å². The van der Waals surface area contributed by atoms with Gasteiger partial charge in [0.25, 0.3) is 11.5 Å². The topological polar surface area (TPSA) is 130 Å². The van der Waals surface area contributed by atoms with Gasteiger partial charge in [0.15, 0.2) is 5.54 Å². The highest BCUT2D eigenvalue weighted by Gasteiger charge is 2.35. The molecule has 0 saturated heterocycles. The van der Waals surface area contributed by atoms with Crippen LogP contribution in [0, 0.1) is 0 Å². The molecule has 0 aliphatic heterocycles. The Balaban J connectivity index is 3.14. The molecular formula is C11H15N3O6. The zero-order valence-electron chi connectivity index (χ0n) is 11.2. The molecule has 1 aromatic heterocycles. The molecule has 0 saturated carbocycles. The Kier molecular flexibility index (Phi) is 4.45. The molecule has 110 valence electrons. The molecular weight excluding hydrogens is 270 g/mol. The lowest BCUT2D eigenvalue weighted by atomic mass is 10.0. The lowest BCUT2D eigenvalue weighted by Gasteiger charge is -2.25. The highest BCUT2D eigenvalue weighted by Crippen LogP contribution is 2.05. The predicted octanol–water partition coefficient (Wildman–Crippen LogP) is -1.71. The highest BCUT2D eigenvalue weighted by molar-refractivity contribution is 5.97. The summed E-state index contributed by atoms with van der Waals surface area (Å²) in [5, 5.41) is 11.3. The van der Waals surface area contributed by atoms with Crippen molar-refractivity contribution in [3.8, 4) is 0 Å². The minimum absolute atomic E-state index is 0.280. The molecule has 1 heterocycles. The maximum atomic E-state index is 12.0. The Morgan fingerprint density at radius 2 is 2.10 bits per heavy atom. The molecule has 0 aliphatic carbocycles. The van der Waals surface area contributed by atoms with Crippen LogP contribution in [0.4, 0.5) is 0 Å². The number of carboxylic acids is 1. The second kappa shape index (κ2) is 5.70. The Morgan fingerprint density at radius 1 is 1.50 bits per heavy atom. The SMILES string of the molecule is COCC(C)(NC(=O)c1c[nH]c(=O)n(C)c1=O)C(=O)O. The van der Waals surface area contributed by atoms with E-state index in [0.717, 1.165) is 6.20 Å². The highest BCUT2D eigenvalue weighted by atomic mass is 16.5. The van der Waals surface area contributed by atoms with E-state index >= 15 is 0 Å². The molecule has 0 spiro atoms.